The highest BCUT2D eigenvalue weighted by Gasteiger charge is 2.51. The first-order chi connectivity index (χ1) is 12.8. The lowest BCUT2D eigenvalue weighted by Gasteiger charge is -2.40. The molecule has 144 valence electrons. The molecule has 1 atom stereocenters. The van der Waals surface area contributed by atoms with Gasteiger partial charge in [0.05, 0.1) is 30.8 Å². The molecule has 8 nitrogen and oxygen atoms in total. The molecule has 4 heterocycles. The van der Waals surface area contributed by atoms with E-state index in [0.29, 0.717) is 37.0 Å². The van der Waals surface area contributed by atoms with Gasteiger partial charge in [-0.3, -0.25) is 14.6 Å². The van der Waals surface area contributed by atoms with Gasteiger partial charge in [0.2, 0.25) is 0 Å². The number of ether oxygens (including phenoxy) is 1. The number of rotatable bonds is 2. The molecule has 3 amide bonds. The second-order valence-electron chi connectivity index (χ2n) is 8.10. The third-order valence-electron chi connectivity index (χ3n) is 5.24. The number of aliphatic imine (C=N–C) groups is 1. The Kier molecular flexibility index (Phi) is 4.18. The number of carbonyl (C=O) groups excluding carboxylic acids is 2. The molecular formula is C19H25N5O3. The number of pyridine rings is 1. The SMILES string of the molecule is CCN1C(=O)N2C(=NC(=O)C2C(C)(C)C)c2ncc(N3CCOCC3)cc21. The Morgan fingerprint density at radius 1 is 1.22 bits per heavy atom. The number of amides is 3. The zero-order valence-electron chi connectivity index (χ0n) is 16.2. The standard InChI is InChI=1S/C19H25N5O3/c1-5-23-13-10-12(22-6-8-27-9-7-22)11-20-14(13)16-21-17(25)15(19(2,3)4)24(16)18(23)26/h10-11,15H,5-9H2,1-4H3. The van der Waals surface area contributed by atoms with Crippen LogP contribution in [0.1, 0.15) is 33.4 Å². The van der Waals surface area contributed by atoms with Crippen LogP contribution in [0.4, 0.5) is 16.2 Å². The summed E-state index contributed by atoms with van der Waals surface area (Å²) in [5.41, 5.74) is 1.84. The maximum atomic E-state index is 13.2. The molecule has 3 aliphatic rings. The van der Waals surface area contributed by atoms with Gasteiger partial charge in [0.25, 0.3) is 5.91 Å². The fourth-order valence-electron chi connectivity index (χ4n) is 3.93. The van der Waals surface area contributed by atoms with Crippen molar-refractivity contribution in [2.24, 2.45) is 10.4 Å². The minimum atomic E-state index is -0.608. The number of morpholine rings is 1. The molecule has 1 fully saturated rings. The first kappa shape index (κ1) is 17.9. The summed E-state index contributed by atoms with van der Waals surface area (Å²) in [6.45, 7) is 11.2. The Balaban J connectivity index is 1.79. The minimum Gasteiger partial charge on any atom is -0.378 e. The molecule has 0 saturated carbocycles. The molecule has 1 saturated heterocycles. The van der Waals surface area contributed by atoms with E-state index in [0.717, 1.165) is 18.8 Å². The summed E-state index contributed by atoms with van der Waals surface area (Å²) in [6, 6.07) is 1.16. The molecule has 3 aliphatic heterocycles. The third kappa shape index (κ3) is 2.79. The van der Waals surface area contributed by atoms with Crippen molar-refractivity contribution in [1.29, 1.82) is 0 Å². The minimum absolute atomic E-state index is 0.213. The van der Waals surface area contributed by atoms with Gasteiger partial charge in [-0.25, -0.2) is 9.78 Å². The molecule has 27 heavy (non-hydrogen) atoms. The predicted molar refractivity (Wildman–Crippen MR) is 102 cm³/mol. The number of carbonyl (C=O) groups is 2. The number of aromatic nitrogens is 1. The lowest BCUT2D eigenvalue weighted by atomic mass is 9.85. The van der Waals surface area contributed by atoms with E-state index in [1.165, 1.54) is 4.90 Å². The van der Waals surface area contributed by atoms with Gasteiger partial charge in [0, 0.05) is 19.6 Å². The Labute approximate surface area is 158 Å². The number of urea groups is 1. The van der Waals surface area contributed by atoms with Gasteiger partial charge in [-0.05, 0) is 18.4 Å². The van der Waals surface area contributed by atoms with E-state index in [1.54, 1.807) is 11.1 Å². The Hall–Kier alpha value is -2.48. The highest BCUT2D eigenvalue weighted by molar-refractivity contribution is 6.25. The van der Waals surface area contributed by atoms with Crippen LogP contribution in [0.5, 0.6) is 0 Å². The summed E-state index contributed by atoms with van der Waals surface area (Å²) in [5, 5.41) is 0. The Bertz CT molecular complexity index is 823. The number of hydrogen-bond donors (Lipinski definition) is 0. The summed E-state index contributed by atoms with van der Waals surface area (Å²) in [5.74, 6) is 0.0898. The fourth-order valence-corrected chi connectivity index (χ4v) is 3.93. The van der Waals surface area contributed by atoms with Crippen molar-refractivity contribution in [3.8, 4) is 0 Å². The van der Waals surface area contributed by atoms with E-state index in [2.05, 4.69) is 14.9 Å². The van der Waals surface area contributed by atoms with Crippen molar-refractivity contribution in [2.45, 2.75) is 33.7 Å². The normalized spacial score (nSPS) is 22.7. The first-order valence-corrected chi connectivity index (χ1v) is 9.39. The van der Waals surface area contributed by atoms with Crippen LogP contribution in [0, 0.1) is 5.41 Å². The van der Waals surface area contributed by atoms with Crippen molar-refractivity contribution < 1.29 is 14.3 Å². The molecule has 0 bridgehead atoms. The van der Waals surface area contributed by atoms with E-state index >= 15 is 0 Å². The number of anilines is 2. The van der Waals surface area contributed by atoms with Crippen molar-refractivity contribution in [1.82, 2.24) is 9.88 Å². The van der Waals surface area contributed by atoms with E-state index in [4.69, 9.17) is 4.74 Å². The van der Waals surface area contributed by atoms with Crippen molar-refractivity contribution in [2.75, 3.05) is 42.6 Å². The van der Waals surface area contributed by atoms with Crippen molar-refractivity contribution >= 4 is 29.1 Å². The highest BCUT2D eigenvalue weighted by atomic mass is 16.5. The van der Waals surface area contributed by atoms with Crippen molar-refractivity contribution in [3.63, 3.8) is 0 Å². The summed E-state index contributed by atoms with van der Waals surface area (Å²) >= 11 is 0. The fraction of sp³-hybridized carbons (Fsp3) is 0.579. The first-order valence-electron chi connectivity index (χ1n) is 9.39. The molecule has 0 radical (unpaired) electrons. The largest absolute Gasteiger partial charge is 0.378 e. The quantitative estimate of drug-likeness (QED) is 0.793. The molecule has 1 unspecified atom stereocenters. The van der Waals surface area contributed by atoms with Crippen LogP contribution in [-0.4, -0.2) is 66.5 Å². The van der Waals surface area contributed by atoms with E-state index in [-0.39, 0.29) is 11.9 Å². The van der Waals surface area contributed by atoms with E-state index in [1.807, 2.05) is 33.8 Å². The summed E-state index contributed by atoms with van der Waals surface area (Å²) in [7, 11) is 0. The highest BCUT2D eigenvalue weighted by Crippen LogP contribution is 2.38. The lowest BCUT2D eigenvalue weighted by Crippen LogP contribution is -2.57. The maximum Gasteiger partial charge on any atom is 0.331 e. The van der Waals surface area contributed by atoms with Crippen LogP contribution < -0.4 is 9.80 Å². The molecule has 4 rings (SSSR count). The average Bonchev–Trinajstić information content (AvgIpc) is 3.00. The summed E-state index contributed by atoms with van der Waals surface area (Å²) in [4.78, 5) is 40.1. The molecule has 0 spiro atoms. The number of hydrogen-bond acceptors (Lipinski definition) is 5. The van der Waals surface area contributed by atoms with E-state index in [9.17, 15) is 9.59 Å². The average molecular weight is 371 g/mol. The van der Waals surface area contributed by atoms with Gasteiger partial charge in [0.15, 0.2) is 5.84 Å². The second-order valence-corrected chi connectivity index (χ2v) is 8.10. The summed E-state index contributed by atoms with van der Waals surface area (Å²) < 4.78 is 5.42. The third-order valence-corrected chi connectivity index (χ3v) is 5.24. The zero-order valence-corrected chi connectivity index (χ0v) is 16.2. The number of nitrogens with zero attached hydrogens (tertiary/aromatic N) is 5. The smallest absolute Gasteiger partial charge is 0.331 e. The van der Waals surface area contributed by atoms with Gasteiger partial charge in [0.1, 0.15) is 11.7 Å². The van der Waals surface area contributed by atoms with Crippen LogP contribution in [-0.2, 0) is 9.53 Å². The monoisotopic (exact) mass is 371 g/mol. The van der Waals surface area contributed by atoms with E-state index < -0.39 is 11.5 Å². The maximum absolute atomic E-state index is 13.2. The Morgan fingerprint density at radius 3 is 2.56 bits per heavy atom. The molecule has 0 aromatic carbocycles. The molecule has 1 aromatic rings. The molecule has 0 aliphatic carbocycles. The van der Waals surface area contributed by atoms with Gasteiger partial charge < -0.3 is 9.64 Å². The van der Waals surface area contributed by atoms with Gasteiger partial charge in [-0.2, -0.15) is 4.99 Å². The van der Waals surface area contributed by atoms with Crippen LogP contribution in [0.15, 0.2) is 17.3 Å². The Morgan fingerprint density at radius 2 is 1.93 bits per heavy atom. The molecule has 8 heteroatoms. The molecule has 1 aromatic heterocycles. The lowest BCUT2D eigenvalue weighted by molar-refractivity contribution is -0.122. The summed E-state index contributed by atoms with van der Waals surface area (Å²) in [6.07, 6.45) is 1.80. The number of fused-ring (bicyclic) bond motifs is 3. The predicted octanol–water partition coefficient (Wildman–Crippen LogP) is 1.88. The second kappa shape index (κ2) is 6.30. The van der Waals surface area contributed by atoms with Gasteiger partial charge in [-0.1, -0.05) is 20.8 Å². The van der Waals surface area contributed by atoms with Gasteiger partial charge in [-0.15, -0.1) is 0 Å². The topological polar surface area (TPSA) is 78.3 Å². The van der Waals surface area contributed by atoms with Crippen LogP contribution in [0.2, 0.25) is 0 Å². The van der Waals surface area contributed by atoms with Crippen LogP contribution in [0.25, 0.3) is 0 Å². The van der Waals surface area contributed by atoms with Crippen LogP contribution in [0.3, 0.4) is 0 Å². The zero-order chi connectivity index (χ0) is 19.3. The number of amidine groups is 1. The molecule has 0 N–H and O–H groups in total. The van der Waals surface area contributed by atoms with Crippen molar-refractivity contribution in [3.05, 3.63) is 18.0 Å². The van der Waals surface area contributed by atoms with Crippen LogP contribution >= 0.6 is 0 Å². The van der Waals surface area contributed by atoms with Gasteiger partial charge >= 0.3 is 6.03 Å². The molecular weight excluding hydrogens is 346 g/mol.